The topological polar surface area (TPSA) is 45.7 Å². The molecule has 1 atom stereocenters. The maximum Gasteiger partial charge on any atom is 0.191 e. The average molecular weight is 417 g/mol. The molecular formula is C17H28IN3O. The lowest BCUT2D eigenvalue weighted by atomic mass is 9.89. The van der Waals surface area contributed by atoms with Crippen LogP contribution < -0.4 is 10.6 Å². The van der Waals surface area contributed by atoms with Gasteiger partial charge in [0.15, 0.2) is 5.96 Å². The first kappa shape index (κ1) is 19.2. The van der Waals surface area contributed by atoms with E-state index < -0.39 is 0 Å². The summed E-state index contributed by atoms with van der Waals surface area (Å²) in [7, 11) is 0. The van der Waals surface area contributed by atoms with Gasteiger partial charge < -0.3 is 15.4 Å². The Balaban J connectivity index is 0.00000242. The normalized spacial score (nSPS) is 17.9. The lowest BCUT2D eigenvalue weighted by Gasteiger charge is -2.36. The zero-order chi connectivity index (χ0) is 15.3. The largest absolute Gasteiger partial charge is 0.380 e. The van der Waals surface area contributed by atoms with E-state index >= 15 is 0 Å². The van der Waals surface area contributed by atoms with Crippen LogP contribution in [0.5, 0.6) is 0 Å². The molecule has 1 unspecified atom stereocenters. The molecule has 1 aromatic rings. The number of benzene rings is 1. The number of rotatable bonds is 5. The van der Waals surface area contributed by atoms with Gasteiger partial charge in [-0.15, -0.1) is 24.0 Å². The molecule has 1 saturated heterocycles. The van der Waals surface area contributed by atoms with Crippen molar-refractivity contribution in [3.05, 3.63) is 35.4 Å². The Hall–Kier alpha value is -0.820. The second kappa shape index (κ2) is 8.72. The predicted octanol–water partition coefficient (Wildman–Crippen LogP) is 3.27. The van der Waals surface area contributed by atoms with Crippen LogP contribution in [0.3, 0.4) is 0 Å². The van der Waals surface area contributed by atoms with E-state index in [1.165, 1.54) is 11.1 Å². The Labute approximate surface area is 151 Å². The van der Waals surface area contributed by atoms with E-state index in [-0.39, 0.29) is 35.4 Å². The van der Waals surface area contributed by atoms with Gasteiger partial charge in [-0.3, -0.25) is 4.99 Å². The summed E-state index contributed by atoms with van der Waals surface area (Å²) in [5.41, 5.74) is 2.81. The lowest BCUT2D eigenvalue weighted by molar-refractivity contribution is -0.0945. The van der Waals surface area contributed by atoms with Crippen LogP contribution in [0.4, 0.5) is 0 Å². The van der Waals surface area contributed by atoms with Crippen molar-refractivity contribution in [3.8, 4) is 0 Å². The van der Waals surface area contributed by atoms with Gasteiger partial charge in [-0.1, -0.05) is 31.2 Å². The summed E-state index contributed by atoms with van der Waals surface area (Å²) in [4.78, 5) is 4.72. The lowest BCUT2D eigenvalue weighted by Crippen LogP contribution is -2.44. The van der Waals surface area contributed by atoms with Crippen LogP contribution in [0.15, 0.2) is 29.3 Å². The molecule has 2 N–H and O–H groups in total. The first-order chi connectivity index (χ1) is 10.0. The van der Waals surface area contributed by atoms with Crippen LogP contribution in [-0.2, 0) is 4.74 Å². The highest BCUT2D eigenvalue weighted by atomic mass is 127. The Morgan fingerprint density at radius 2 is 2.05 bits per heavy atom. The molecule has 0 aliphatic carbocycles. The van der Waals surface area contributed by atoms with E-state index in [4.69, 9.17) is 9.73 Å². The molecule has 1 fully saturated rings. The molecule has 1 aliphatic heterocycles. The average Bonchev–Trinajstić information content (AvgIpc) is 2.43. The van der Waals surface area contributed by atoms with E-state index in [9.17, 15) is 0 Å². The van der Waals surface area contributed by atoms with E-state index in [2.05, 4.69) is 62.6 Å². The molecule has 0 aromatic heterocycles. The number of aryl methyl sites for hydroxylation is 1. The summed E-state index contributed by atoms with van der Waals surface area (Å²) in [6, 6.07) is 8.69. The van der Waals surface area contributed by atoms with Crippen LogP contribution >= 0.6 is 24.0 Å². The molecule has 5 heteroatoms. The van der Waals surface area contributed by atoms with Crippen molar-refractivity contribution >= 4 is 29.9 Å². The van der Waals surface area contributed by atoms with Crippen LogP contribution in [0.2, 0.25) is 0 Å². The van der Waals surface area contributed by atoms with Crippen LogP contribution in [0.1, 0.15) is 37.9 Å². The summed E-state index contributed by atoms with van der Waals surface area (Å²) in [6.45, 7) is 11.9. The Morgan fingerprint density at radius 1 is 1.36 bits per heavy atom. The van der Waals surface area contributed by atoms with Gasteiger partial charge in [-0.05, 0) is 31.9 Å². The van der Waals surface area contributed by atoms with Gasteiger partial charge in [0.2, 0.25) is 0 Å². The number of nitrogens with one attached hydrogen (secondary N) is 2. The minimum atomic E-state index is 0. The fourth-order valence-corrected chi connectivity index (χ4v) is 2.49. The minimum absolute atomic E-state index is 0. The van der Waals surface area contributed by atoms with Crippen molar-refractivity contribution < 1.29 is 4.74 Å². The fourth-order valence-electron chi connectivity index (χ4n) is 2.49. The van der Waals surface area contributed by atoms with Crippen molar-refractivity contribution in [2.45, 2.75) is 33.7 Å². The zero-order valence-corrected chi connectivity index (χ0v) is 16.3. The Bertz CT molecular complexity index is 500. The number of aliphatic imine (C=N–C) groups is 1. The standard InChI is InChI=1S/C17H27N3O.HI/c1-5-18-16(19-10-17(4)11-21-12-17)20-14(3)15-9-7-6-8-13(15)2;/h6-9,14H,5,10-12H2,1-4H3,(H2,18,19,20);1H. The summed E-state index contributed by atoms with van der Waals surface area (Å²) in [6.07, 6.45) is 0. The highest BCUT2D eigenvalue weighted by molar-refractivity contribution is 14.0. The smallest absolute Gasteiger partial charge is 0.191 e. The molecular weight excluding hydrogens is 389 g/mol. The van der Waals surface area contributed by atoms with Gasteiger partial charge in [0.1, 0.15) is 0 Å². The minimum Gasteiger partial charge on any atom is -0.380 e. The number of hydrogen-bond acceptors (Lipinski definition) is 2. The third-order valence-corrected chi connectivity index (χ3v) is 3.87. The van der Waals surface area contributed by atoms with Gasteiger partial charge in [0, 0.05) is 12.0 Å². The van der Waals surface area contributed by atoms with Gasteiger partial charge in [-0.2, -0.15) is 0 Å². The third kappa shape index (κ3) is 5.12. The highest BCUT2D eigenvalue weighted by Gasteiger charge is 2.33. The second-order valence-electron chi connectivity index (χ2n) is 6.22. The molecule has 4 nitrogen and oxygen atoms in total. The van der Waals surface area contributed by atoms with Gasteiger partial charge in [0.05, 0.1) is 25.8 Å². The van der Waals surface area contributed by atoms with Gasteiger partial charge in [-0.25, -0.2) is 0 Å². The maximum atomic E-state index is 5.29. The molecule has 0 amide bonds. The highest BCUT2D eigenvalue weighted by Crippen LogP contribution is 2.26. The number of hydrogen-bond donors (Lipinski definition) is 2. The predicted molar refractivity (Wildman–Crippen MR) is 103 cm³/mol. The van der Waals surface area contributed by atoms with E-state index in [0.29, 0.717) is 0 Å². The van der Waals surface area contributed by atoms with Crippen molar-refractivity contribution in [2.24, 2.45) is 10.4 Å². The SMILES string of the molecule is CCNC(=NCC1(C)COC1)NC(C)c1ccccc1C.I. The molecule has 2 rings (SSSR count). The zero-order valence-electron chi connectivity index (χ0n) is 14.0. The number of nitrogens with zero attached hydrogens (tertiary/aromatic N) is 1. The summed E-state index contributed by atoms with van der Waals surface area (Å²) in [5.74, 6) is 0.876. The molecule has 0 radical (unpaired) electrons. The van der Waals surface area contributed by atoms with Crippen molar-refractivity contribution in [1.82, 2.24) is 10.6 Å². The molecule has 0 spiro atoms. The molecule has 1 aliphatic rings. The van der Waals surface area contributed by atoms with Crippen molar-refractivity contribution in [3.63, 3.8) is 0 Å². The Morgan fingerprint density at radius 3 is 2.59 bits per heavy atom. The second-order valence-corrected chi connectivity index (χ2v) is 6.22. The van der Waals surface area contributed by atoms with Crippen LogP contribution in [0.25, 0.3) is 0 Å². The first-order valence-corrected chi connectivity index (χ1v) is 7.72. The third-order valence-electron chi connectivity index (χ3n) is 3.87. The molecule has 0 saturated carbocycles. The summed E-state index contributed by atoms with van der Waals surface area (Å²) >= 11 is 0. The monoisotopic (exact) mass is 417 g/mol. The molecule has 22 heavy (non-hydrogen) atoms. The first-order valence-electron chi connectivity index (χ1n) is 7.72. The summed E-state index contributed by atoms with van der Waals surface area (Å²) in [5, 5.41) is 6.82. The van der Waals surface area contributed by atoms with Crippen LogP contribution in [-0.4, -0.2) is 32.3 Å². The molecule has 124 valence electrons. The van der Waals surface area contributed by atoms with Gasteiger partial charge in [0.25, 0.3) is 0 Å². The van der Waals surface area contributed by atoms with E-state index in [1.54, 1.807) is 0 Å². The van der Waals surface area contributed by atoms with Crippen molar-refractivity contribution in [1.29, 1.82) is 0 Å². The quantitative estimate of drug-likeness (QED) is 0.439. The van der Waals surface area contributed by atoms with Gasteiger partial charge >= 0.3 is 0 Å². The molecule has 0 bridgehead atoms. The molecule has 1 heterocycles. The van der Waals surface area contributed by atoms with E-state index in [0.717, 1.165) is 32.3 Å². The Kier molecular flexibility index (Phi) is 7.62. The van der Waals surface area contributed by atoms with E-state index in [1.807, 2.05) is 0 Å². The fraction of sp³-hybridized carbons (Fsp3) is 0.588. The number of halogens is 1. The maximum absolute atomic E-state index is 5.29. The number of guanidine groups is 1. The molecule has 1 aromatic carbocycles. The number of ether oxygens (including phenoxy) is 1. The van der Waals surface area contributed by atoms with Crippen LogP contribution in [0, 0.1) is 12.3 Å². The van der Waals surface area contributed by atoms with Crippen molar-refractivity contribution in [2.75, 3.05) is 26.3 Å². The summed E-state index contributed by atoms with van der Waals surface area (Å²) < 4.78 is 5.29.